The molecule has 0 saturated carbocycles. The number of benzene rings is 2. The van der Waals surface area contributed by atoms with Crippen molar-refractivity contribution in [2.24, 2.45) is 5.73 Å². The first-order valence-electron chi connectivity index (χ1n) is 13.2. The topological polar surface area (TPSA) is 151 Å². The number of nitrogens with one attached hydrogen (secondary N) is 3. The Morgan fingerprint density at radius 1 is 1.15 bits per heavy atom. The summed E-state index contributed by atoms with van der Waals surface area (Å²) in [6, 6.07) is 13.0. The number of halogens is 1. The maximum Gasteiger partial charge on any atom is 0.249 e. The first-order chi connectivity index (χ1) is 19.2. The highest BCUT2D eigenvalue weighted by atomic mass is 35.5. The van der Waals surface area contributed by atoms with Crippen LogP contribution in [0.3, 0.4) is 0 Å². The van der Waals surface area contributed by atoms with Gasteiger partial charge >= 0.3 is 0 Å². The van der Waals surface area contributed by atoms with Crippen LogP contribution in [0.4, 0.5) is 23.0 Å². The zero-order valence-electron chi connectivity index (χ0n) is 22.2. The Morgan fingerprint density at radius 2 is 1.90 bits per heavy atom. The van der Waals surface area contributed by atoms with Crippen molar-refractivity contribution in [3.8, 4) is 0 Å². The molecule has 1 aromatic heterocycles. The first-order valence-corrected chi connectivity index (χ1v) is 14.4. The quantitative estimate of drug-likeness (QED) is 0.247. The van der Waals surface area contributed by atoms with E-state index in [4.69, 9.17) is 23.1 Å². The molecule has 3 heterocycles. The van der Waals surface area contributed by atoms with Gasteiger partial charge in [-0.15, -0.1) is 0 Å². The molecule has 2 saturated heterocycles. The van der Waals surface area contributed by atoms with Gasteiger partial charge in [0.15, 0.2) is 5.82 Å². The van der Waals surface area contributed by atoms with Crippen molar-refractivity contribution in [3.63, 3.8) is 0 Å². The molecule has 3 aromatic rings. The number of nitrogens with two attached hydrogens (primary N) is 2. The summed E-state index contributed by atoms with van der Waals surface area (Å²) in [5.41, 5.74) is 14.9. The van der Waals surface area contributed by atoms with E-state index in [0.29, 0.717) is 35.3 Å². The Hall–Kier alpha value is -3.54. The Morgan fingerprint density at radius 3 is 2.65 bits per heavy atom. The number of rotatable bonds is 8. The molecule has 210 valence electrons. The second kappa shape index (κ2) is 11.9. The molecule has 1 unspecified atom stereocenters. The minimum absolute atomic E-state index is 0.146. The van der Waals surface area contributed by atoms with E-state index >= 15 is 0 Å². The number of imide groups is 1. The van der Waals surface area contributed by atoms with Crippen LogP contribution in [0, 0.1) is 0 Å². The van der Waals surface area contributed by atoms with Crippen LogP contribution in [-0.2, 0) is 16.1 Å². The fourth-order valence-corrected chi connectivity index (χ4v) is 5.83. The van der Waals surface area contributed by atoms with Crippen LogP contribution in [0.1, 0.15) is 38.2 Å². The van der Waals surface area contributed by atoms with E-state index in [1.807, 2.05) is 42.5 Å². The predicted molar refractivity (Wildman–Crippen MR) is 160 cm³/mol. The fraction of sp³-hybridized carbons (Fsp3) is 0.357. The number of para-hydroxylation sites is 1. The molecule has 5 rings (SSSR count). The molecule has 0 aliphatic carbocycles. The van der Waals surface area contributed by atoms with Crippen LogP contribution in [0.25, 0.3) is 0 Å². The minimum Gasteiger partial charge on any atom is -0.381 e. The molecular weight excluding hydrogens is 548 g/mol. The Labute approximate surface area is 242 Å². The molecule has 2 aliphatic rings. The number of nitrogens with zero attached hydrogens (tertiary/aromatic N) is 3. The molecule has 7 N–H and O–H groups in total. The predicted octanol–water partition coefficient (Wildman–Crippen LogP) is 4.01. The SMILES string of the molecule is CC1(N)CCN(c2cnc(Sc3cccc(NCc4ccccc4NC4CCC(=O)NC4=O)c3Cl)c(N)n2)CC1. The van der Waals surface area contributed by atoms with Crippen LogP contribution >= 0.6 is 23.4 Å². The molecule has 2 amide bonds. The number of carbonyl (C=O) groups is 2. The number of anilines is 4. The number of hydrogen-bond donors (Lipinski definition) is 5. The molecule has 0 bridgehead atoms. The first kappa shape index (κ1) is 28.0. The van der Waals surface area contributed by atoms with Gasteiger partial charge < -0.3 is 27.0 Å². The molecule has 40 heavy (non-hydrogen) atoms. The summed E-state index contributed by atoms with van der Waals surface area (Å²) >= 11 is 8.16. The average molecular weight is 581 g/mol. The van der Waals surface area contributed by atoms with Gasteiger partial charge in [-0.05, 0) is 49.9 Å². The smallest absolute Gasteiger partial charge is 0.249 e. The van der Waals surface area contributed by atoms with Crippen molar-refractivity contribution >= 4 is 58.2 Å². The van der Waals surface area contributed by atoms with Crippen LogP contribution in [0.5, 0.6) is 0 Å². The Bertz CT molecular complexity index is 1410. The third-order valence-electron chi connectivity index (χ3n) is 7.21. The second-order valence-electron chi connectivity index (χ2n) is 10.4. The largest absolute Gasteiger partial charge is 0.381 e. The van der Waals surface area contributed by atoms with E-state index in [9.17, 15) is 9.59 Å². The highest BCUT2D eigenvalue weighted by molar-refractivity contribution is 7.99. The molecular formula is C28H33ClN8O2S. The van der Waals surface area contributed by atoms with Gasteiger partial charge in [0.2, 0.25) is 11.8 Å². The van der Waals surface area contributed by atoms with Gasteiger partial charge in [-0.3, -0.25) is 14.9 Å². The fourth-order valence-electron chi connectivity index (χ4n) is 4.72. The van der Waals surface area contributed by atoms with E-state index in [1.165, 1.54) is 11.8 Å². The molecule has 0 spiro atoms. The van der Waals surface area contributed by atoms with Crippen molar-refractivity contribution in [2.45, 2.75) is 60.7 Å². The number of hydrogen-bond acceptors (Lipinski definition) is 10. The Kier molecular flexibility index (Phi) is 8.34. The second-order valence-corrected chi connectivity index (χ2v) is 11.8. The molecule has 12 heteroatoms. The van der Waals surface area contributed by atoms with Gasteiger partial charge in [0.1, 0.15) is 16.9 Å². The lowest BCUT2D eigenvalue weighted by Gasteiger charge is -2.37. The number of amides is 2. The molecule has 2 fully saturated rings. The van der Waals surface area contributed by atoms with Crippen molar-refractivity contribution in [2.75, 3.05) is 34.4 Å². The van der Waals surface area contributed by atoms with Gasteiger partial charge in [-0.25, -0.2) is 9.97 Å². The van der Waals surface area contributed by atoms with Gasteiger partial charge in [-0.2, -0.15) is 0 Å². The summed E-state index contributed by atoms with van der Waals surface area (Å²) in [7, 11) is 0. The van der Waals surface area contributed by atoms with Gasteiger partial charge in [0.25, 0.3) is 0 Å². The van der Waals surface area contributed by atoms with Gasteiger partial charge in [0.05, 0.1) is 16.9 Å². The summed E-state index contributed by atoms with van der Waals surface area (Å²) < 4.78 is 0. The molecule has 2 aromatic carbocycles. The van der Waals surface area contributed by atoms with E-state index in [1.54, 1.807) is 6.20 Å². The zero-order valence-corrected chi connectivity index (χ0v) is 23.8. The van der Waals surface area contributed by atoms with Crippen LogP contribution in [0.2, 0.25) is 5.02 Å². The van der Waals surface area contributed by atoms with Crippen LogP contribution in [0.15, 0.2) is 58.6 Å². The van der Waals surface area contributed by atoms with E-state index in [-0.39, 0.29) is 17.4 Å². The van der Waals surface area contributed by atoms with E-state index < -0.39 is 6.04 Å². The van der Waals surface area contributed by atoms with Gasteiger partial charge in [0, 0.05) is 42.2 Å². The Balaban J connectivity index is 1.25. The van der Waals surface area contributed by atoms with E-state index in [2.05, 4.69) is 37.7 Å². The van der Waals surface area contributed by atoms with Crippen LogP contribution < -0.4 is 32.3 Å². The third-order valence-corrected chi connectivity index (χ3v) is 8.79. The lowest BCUT2D eigenvalue weighted by molar-refractivity contribution is -0.133. The highest BCUT2D eigenvalue weighted by Crippen LogP contribution is 2.39. The van der Waals surface area contributed by atoms with Crippen molar-refractivity contribution in [3.05, 3.63) is 59.2 Å². The van der Waals surface area contributed by atoms with Crippen molar-refractivity contribution in [1.29, 1.82) is 0 Å². The van der Waals surface area contributed by atoms with Crippen LogP contribution in [-0.4, -0.2) is 46.5 Å². The molecule has 2 aliphatic heterocycles. The molecule has 0 radical (unpaired) electrons. The number of nitrogen functional groups attached to an aromatic ring is 1. The minimum atomic E-state index is -0.462. The maximum absolute atomic E-state index is 12.2. The lowest BCUT2D eigenvalue weighted by Crippen LogP contribution is -2.48. The summed E-state index contributed by atoms with van der Waals surface area (Å²) in [5.74, 6) is 0.558. The van der Waals surface area contributed by atoms with Crippen molar-refractivity contribution < 1.29 is 9.59 Å². The summed E-state index contributed by atoms with van der Waals surface area (Å²) in [5, 5.41) is 10.2. The average Bonchev–Trinajstić information content (AvgIpc) is 2.92. The highest BCUT2D eigenvalue weighted by Gasteiger charge is 2.28. The normalized spacial score (nSPS) is 18.8. The lowest BCUT2D eigenvalue weighted by atomic mass is 9.91. The third kappa shape index (κ3) is 6.60. The summed E-state index contributed by atoms with van der Waals surface area (Å²) in [6.07, 6.45) is 4.29. The number of carbonyl (C=O) groups excluding carboxylic acids is 2. The summed E-state index contributed by atoms with van der Waals surface area (Å²) in [4.78, 5) is 35.9. The zero-order chi connectivity index (χ0) is 28.3. The van der Waals surface area contributed by atoms with Crippen molar-refractivity contribution in [1.82, 2.24) is 15.3 Å². The van der Waals surface area contributed by atoms with Gasteiger partial charge in [-0.1, -0.05) is 47.6 Å². The number of aromatic nitrogens is 2. The molecule has 10 nitrogen and oxygen atoms in total. The monoisotopic (exact) mass is 580 g/mol. The molecule has 1 atom stereocenters. The maximum atomic E-state index is 12.2. The summed E-state index contributed by atoms with van der Waals surface area (Å²) in [6.45, 7) is 4.19. The van der Waals surface area contributed by atoms with E-state index in [0.717, 1.165) is 53.6 Å². The standard InChI is InChI=1S/C28H33ClN8O2S/c1-28(31)11-13-37(14-12-28)22-16-33-27(25(30)35-22)40-21-8-4-7-19(24(21)29)32-15-17-5-2-3-6-18(17)34-20-9-10-23(38)36-26(20)39/h2-8,16,20,32,34H,9-15,31H2,1H3,(H2,30,35)(H,36,38,39). The number of piperidine rings is 2.